The molecule has 137 heavy (non-hydrogen) atoms. The summed E-state index contributed by atoms with van der Waals surface area (Å²) < 4.78 is 38.8. The number of aliphatic hydroxyl groups is 1. The molecule has 19 N–H and O–H groups in total. The second-order valence-electron chi connectivity index (χ2n) is 29.7. The summed E-state index contributed by atoms with van der Waals surface area (Å²) in [6, 6.07) is 73.5. The zero-order valence-electron chi connectivity index (χ0n) is 73.3. The number of H-pyrrole nitrogens is 6. The minimum absolute atomic E-state index is 0. The number of fused-ring (bicyclic) bond motifs is 6. The number of para-hydroxylation sites is 12. The average molecular weight is 1850 g/mol. The molecular formula is C97H106N32O8. The van der Waals surface area contributed by atoms with Crippen LogP contribution in [0, 0.1) is 18.3 Å². The van der Waals surface area contributed by atoms with Gasteiger partial charge >= 0.3 is 0 Å². The molecule has 0 saturated heterocycles. The predicted octanol–water partition coefficient (Wildman–Crippen LogP) is 19.5. The minimum atomic E-state index is -0.0912. The summed E-state index contributed by atoms with van der Waals surface area (Å²) in [6.45, 7) is 5.92. The van der Waals surface area contributed by atoms with Crippen molar-refractivity contribution in [3.8, 4) is 139 Å². The number of hydrogen-bond donors (Lipinski definition) is 13. The monoisotopic (exact) mass is 1850 g/mol. The van der Waals surface area contributed by atoms with Crippen LogP contribution in [0.5, 0.6) is 64.0 Å². The van der Waals surface area contributed by atoms with Gasteiger partial charge < -0.3 is 103 Å². The third-order valence-corrected chi connectivity index (χ3v) is 19.6. The van der Waals surface area contributed by atoms with Crippen molar-refractivity contribution in [1.29, 1.82) is 5.26 Å². The Bertz CT molecular complexity index is 7900. The number of hydrogen-bond acceptors (Lipinski definition) is 34. The van der Waals surface area contributed by atoms with Gasteiger partial charge in [0.05, 0.1) is 141 Å². The summed E-state index contributed by atoms with van der Waals surface area (Å²) in [7, 11) is 1.60. The number of aromatic nitrogens is 25. The minimum Gasteiger partial charge on any atom is -0.497 e. The van der Waals surface area contributed by atoms with Crippen LogP contribution in [0.25, 0.3) is 135 Å². The van der Waals surface area contributed by atoms with E-state index in [-0.39, 0.29) is 65.6 Å². The topological polar surface area (TPSA) is 604 Å². The molecule has 0 aliphatic carbocycles. The molecule has 0 atom stereocenters. The second kappa shape index (κ2) is 41.4. The lowest BCUT2D eigenvalue weighted by atomic mass is 10.2. The molecule has 40 nitrogen and oxygen atoms in total. The van der Waals surface area contributed by atoms with Crippen LogP contribution in [0.3, 0.4) is 0 Å². The van der Waals surface area contributed by atoms with Gasteiger partial charge in [-0.3, -0.25) is 4.98 Å². The van der Waals surface area contributed by atoms with Crippen LogP contribution in [0.15, 0.2) is 280 Å². The highest BCUT2D eigenvalue weighted by Crippen LogP contribution is 2.35. The molecule has 702 valence electrons. The van der Waals surface area contributed by atoms with Crippen molar-refractivity contribution in [3.05, 3.63) is 291 Å². The van der Waals surface area contributed by atoms with Gasteiger partial charge in [0, 0.05) is 29.4 Å². The van der Waals surface area contributed by atoms with Gasteiger partial charge in [-0.15, -0.1) is 0 Å². The van der Waals surface area contributed by atoms with Crippen LogP contribution in [0.2, 0.25) is 0 Å². The first-order chi connectivity index (χ1) is 66.8. The van der Waals surface area contributed by atoms with Gasteiger partial charge in [-0.1, -0.05) is 97.1 Å². The van der Waals surface area contributed by atoms with E-state index in [0.29, 0.717) is 144 Å². The fourth-order valence-corrected chi connectivity index (χ4v) is 13.3. The molecule has 0 aliphatic rings. The van der Waals surface area contributed by atoms with Crippen molar-refractivity contribution >= 4 is 101 Å². The standard InChI is InChI=1S/C18H12N6O.C18H15N5O2.C18H15N5O.C16H12N6O.C14H15N5O.C13H13N5O2.12H2/c19-9-11-4-3-5-12(8-11)25-15-10-21-17(20)16(24-15)18-22-13-6-1-2-7-14(13)23-18;1-24-11-5-4-6-12(9-11)25-15-10-20-17(19)16(23-15)18-21-13-7-2-3-8-14(13)22-18;1-11-5-4-6-12(9-11)24-15-10-20-17(19)16(23-15)18-21-13-7-2-3-8-14(13)22-18;17-15-14(16-20-11-5-1-2-6-12(11)21-16)22-13(9-19-15)23-10-4-3-7-18-8-10;1-8(2)20-11-7-16-13(15)12(19-11)14-17-9-5-3-4-6-10(9)18-14;14-12-11(18-10(7-15-12)20-6-5-19)13-16-8-3-1-2-4-9(8)17-13;;;;;;;;;;;;/h1-8,10H,(H2,20,21)(H,22,23);2-10H,1H3,(H2,19,20)(H,21,22);2-10H,1H3,(H2,19,20)(H,21,22);1-9H,(H2,17,19)(H,20,21);3-8H,1-2H3,(H2,15,16)(H,17,18);1-4,7,19H,5-6H2,(H2,14,15)(H,16,17);12*1H. The Labute approximate surface area is 795 Å². The van der Waals surface area contributed by atoms with Crippen LogP contribution < -0.4 is 67.6 Å². The van der Waals surface area contributed by atoms with E-state index in [0.717, 1.165) is 71.8 Å². The van der Waals surface area contributed by atoms with E-state index < -0.39 is 0 Å². The highest BCUT2D eigenvalue weighted by molar-refractivity contribution is 5.86. The average Bonchev–Trinajstić information content (AvgIpc) is 1.69. The number of nitrogens with zero attached hydrogens (tertiary/aromatic N) is 20. The molecule has 0 aliphatic heterocycles. The Balaban J connectivity index is 0.000000310. The normalized spacial score (nSPS) is 10.8. The number of nitrogen functional groups attached to an aromatic ring is 6. The van der Waals surface area contributed by atoms with Gasteiger partial charge in [-0.05, 0) is 154 Å². The number of nitrogens with one attached hydrogen (secondary N) is 6. The van der Waals surface area contributed by atoms with Crippen molar-refractivity contribution in [2.24, 2.45) is 0 Å². The zero-order valence-corrected chi connectivity index (χ0v) is 73.3. The van der Waals surface area contributed by atoms with E-state index in [4.69, 9.17) is 77.9 Å². The van der Waals surface area contributed by atoms with E-state index in [1.165, 1.54) is 37.2 Å². The Kier molecular flexibility index (Phi) is 27.0. The highest BCUT2D eigenvalue weighted by Gasteiger charge is 2.21. The maximum absolute atomic E-state index is 8.96. The number of aliphatic hydroxyl groups excluding tert-OH is 1. The smallest absolute Gasteiger partial charge is 0.238 e. The van der Waals surface area contributed by atoms with Crippen LogP contribution in [0.1, 0.15) is 42.1 Å². The number of rotatable bonds is 20. The predicted molar refractivity (Wildman–Crippen MR) is 543 cm³/mol. The third-order valence-electron chi connectivity index (χ3n) is 19.6. The molecule has 22 aromatic rings. The number of anilines is 6. The summed E-state index contributed by atoms with van der Waals surface area (Å²) in [5.74, 6) is 10.0. The first-order valence-corrected chi connectivity index (χ1v) is 42.0. The van der Waals surface area contributed by atoms with E-state index in [9.17, 15) is 0 Å². The van der Waals surface area contributed by atoms with Crippen molar-refractivity contribution in [2.45, 2.75) is 26.9 Å². The number of pyridine rings is 1. The molecule has 0 spiro atoms. The van der Waals surface area contributed by atoms with Crippen LogP contribution >= 0.6 is 0 Å². The Hall–Kier alpha value is -19.7. The summed E-state index contributed by atoms with van der Waals surface area (Å²) in [5, 5.41) is 17.7. The fourth-order valence-electron chi connectivity index (χ4n) is 13.3. The van der Waals surface area contributed by atoms with E-state index in [1.54, 1.807) is 68.0 Å². The van der Waals surface area contributed by atoms with E-state index in [2.05, 4.69) is 131 Å². The van der Waals surface area contributed by atoms with Crippen molar-refractivity contribution in [1.82, 2.24) is 125 Å². The molecule has 22 rings (SSSR count). The summed E-state index contributed by atoms with van der Waals surface area (Å²) in [6.07, 6.45) is 12.1. The van der Waals surface area contributed by atoms with Gasteiger partial charge in [0.15, 0.2) is 104 Å². The first-order valence-electron chi connectivity index (χ1n) is 42.0. The molecule has 0 bridgehead atoms. The number of aryl methyl sites for hydroxylation is 1. The van der Waals surface area contributed by atoms with Gasteiger partial charge in [-0.25, -0.2) is 89.7 Å². The van der Waals surface area contributed by atoms with Gasteiger partial charge in [0.25, 0.3) is 0 Å². The molecule has 13 aromatic heterocycles. The molecular weight excluding hydrogens is 1740 g/mol. The fraction of sp³-hybridized carbons (Fsp3) is 0.0722. The molecule has 9 aromatic carbocycles. The molecule has 0 fully saturated rings. The zero-order chi connectivity index (χ0) is 94.7. The largest absolute Gasteiger partial charge is 0.497 e. The van der Waals surface area contributed by atoms with Gasteiger partial charge in [0.1, 0.15) is 35.4 Å². The van der Waals surface area contributed by atoms with Crippen molar-refractivity contribution in [3.63, 3.8) is 0 Å². The first kappa shape index (κ1) is 89.3. The number of methoxy groups -OCH3 is 1. The molecule has 40 heteroatoms. The van der Waals surface area contributed by atoms with Crippen LogP contribution in [0.4, 0.5) is 34.9 Å². The number of ether oxygens (including phenoxy) is 7. The number of imidazole rings is 6. The lowest BCUT2D eigenvalue weighted by molar-refractivity contribution is 0.196. The molecule has 0 saturated carbocycles. The molecule has 0 amide bonds. The van der Waals surface area contributed by atoms with Crippen molar-refractivity contribution < 1.29 is 55.4 Å². The second-order valence-corrected chi connectivity index (χ2v) is 29.7. The van der Waals surface area contributed by atoms with Crippen LogP contribution in [-0.2, 0) is 0 Å². The van der Waals surface area contributed by atoms with E-state index >= 15 is 0 Å². The summed E-state index contributed by atoms with van der Waals surface area (Å²) in [5.41, 5.74) is 50.3. The van der Waals surface area contributed by atoms with Crippen molar-refractivity contribution in [2.75, 3.05) is 54.7 Å². The number of nitrogens with two attached hydrogens (primary N) is 6. The van der Waals surface area contributed by atoms with Gasteiger partial charge in [-0.2, -0.15) is 5.26 Å². The van der Waals surface area contributed by atoms with E-state index in [1.807, 2.05) is 203 Å². The summed E-state index contributed by atoms with van der Waals surface area (Å²) >= 11 is 0. The highest BCUT2D eigenvalue weighted by atomic mass is 16.5. The number of aromatic amines is 6. The lowest BCUT2D eigenvalue weighted by Gasteiger charge is -2.09. The molecule has 0 radical (unpaired) electrons. The lowest BCUT2D eigenvalue weighted by Crippen LogP contribution is -2.09. The molecule has 0 unspecified atom stereocenters. The summed E-state index contributed by atoms with van der Waals surface area (Å²) in [4.78, 5) is 101. The maximum Gasteiger partial charge on any atom is 0.238 e. The van der Waals surface area contributed by atoms with Crippen LogP contribution in [-0.4, -0.2) is 156 Å². The van der Waals surface area contributed by atoms with Gasteiger partial charge in [0.2, 0.25) is 35.3 Å². The number of benzene rings is 9. The number of nitriles is 1. The quantitative estimate of drug-likeness (QED) is 0.0337. The Morgan fingerprint density at radius 1 is 0.328 bits per heavy atom. The third kappa shape index (κ3) is 22.1. The maximum atomic E-state index is 8.96. The SMILES string of the molecule is CC(C)Oc1cnc(N)c(-c2nc3ccccc3[nH]2)n1.COc1cccc(Oc2cnc(N)c(-c3nc4ccccc4[nH]3)n2)c1.Cc1cccc(Oc2cnc(N)c(-c3nc4ccccc4[nH]3)n2)c1.N#Cc1cccc(Oc2cnc(N)c(-c3nc4ccccc4[nH]3)n2)c1.Nc1ncc(OCCO)nc1-c1nc2ccccc2[nH]1.Nc1ncc(Oc2cccnc2)nc1-c1nc2ccccc2[nH]1.[HH].[HH].[HH].[HH].[HH].[HH].[HH].[HH].[HH].[HH].[HH].[HH]. The molecule has 13 heterocycles. The Morgan fingerprint density at radius 3 is 0.942 bits per heavy atom. The Morgan fingerprint density at radius 2 is 0.620 bits per heavy atom.